The minimum atomic E-state index is 0.00718. The molecular formula is C11H24BN2O. The zero-order chi connectivity index (χ0) is 11.7. The maximum Gasteiger partial charge on any atom is 0.142 e. The van der Waals surface area contributed by atoms with E-state index in [4.69, 9.17) is 5.73 Å². The van der Waals surface area contributed by atoms with Gasteiger partial charge >= 0.3 is 0 Å². The molecule has 15 heavy (non-hydrogen) atoms. The van der Waals surface area contributed by atoms with Crippen LogP contribution in [0.4, 0.5) is 0 Å². The largest absolute Gasteiger partial charge is 0.330 e. The van der Waals surface area contributed by atoms with Gasteiger partial charge in [0.2, 0.25) is 0 Å². The van der Waals surface area contributed by atoms with Gasteiger partial charge < -0.3 is 11.1 Å². The lowest BCUT2D eigenvalue weighted by Gasteiger charge is -2.19. The first-order chi connectivity index (χ1) is 7.11. The third-order valence-electron chi connectivity index (χ3n) is 2.28. The summed E-state index contributed by atoms with van der Waals surface area (Å²) in [5.41, 5.74) is 5.44. The van der Waals surface area contributed by atoms with Gasteiger partial charge in [0.1, 0.15) is 13.1 Å². The highest BCUT2D eigenvalue weighted by atomic mass is 16.1. The number of nitrogens with one attached hydrogen (secondary N) is 1. The summed E-state index contributed by atoms with van der Waals surface area (Å²) >= 11 is 0. The molecule has 0 heterocycles. The fourth-order valence-corrected chi connectivity index (χ4v) is 1.58. The Morgan fingerprint density at radius 2 is 2.07 bits per heavy atom. The summed E-state index contributed by atoms with van der Waals surface area (Å²) in [6, 6.07) is 0.362. The average Bonchev–Trinajstić information content (AvgIpc) is 2.16. The van der Waals surface area contributed by atoms with Crippen molar-refractivity contribution in [2.45, 2.75) is 58.3 Å². The number of ketones is 1. The van der Waals surface area contributed by atoms with Crippen LogP contribution in [0, 0.1) is 0 Å². The molecular weight excluding hydrogens is 187 g/mol. The SMILES string of the molecule is C[B]CC(=O)[C@H](CCCCN)NC(C)C. The lowest BCUT2D eigenvalue weighted by Crippen LogP contribution is -2.41. The van der Waals surface area contributed by atoms with E-state index in [0.29, 0.717) is 24.7 Å². The molecule has 0 saturated carbocycles. The zero-order valence-electron chi connectivity index (χ0n) is 10.3. The Morgan fingerprint density at radius 3 is 2.53 bits per heavy atom. The smallest absolute Gasteiger partial charge is 0.142 e. The van der Waals surface area contributed by atoms with Gasteiger partial charge in [0.15, 0.2) is 0 Å². The predicted molar refractivity (Wildman–Crippen MR) is 66.4 cm³/mol. The quantitative estimate of drug-likeness (QED) is 0.445. The minimum Gasteiger partial charge on any atom is -0.330 e. The van der Waals surface area contributed by atoms with Crippen molar-refractivity contribution in [1.82, 2.24) is 5.32 Å². The predicted octanol–water partition coefficient (Wildman–Crippen LogP) is 1.22. The number of Topliss-reactive ketones (excluding diaryl/α,β-unsaturated/α-hetero) is 1. The van der Waals surface area contributed by atoms with Gasteiger partial charge in [-0.3, -0.25) is 4.79 Å². The molecule has 0 amide bonds. The topological polar surface area (TPSA) is 55.1 Å². The molecule has 0 bridgehead atoms. The average molecular weight is 211 g/mol. The van der Waals surface area contributed by atoms with Gasteiger partial charge in [-0.15, -0.1) is 0 Å². The highest BCUT2D eigenvalue weighted by Crippen LogP contribution is 2.05. The number of carbonyl (C=O) groups is 1. The number of rotatable bonds is 9. The summed E-state index contributed by atoms with van der Waals surface area (Å²) in [6.45, 7) is 6.77. The van der Waals surface area contributed by atoms with Crippen molar-refractivity contribution in [2.24, 2.45) is 5.73 Å². The van der Waals surface area contributed by atoms with Crippen LogP contribution < -0.4 is 11.1 Å². The van der Waals surface area contributed by atoms with Crippen LogP contribution in [0.3, 0.4) is 0 Å². The lowest BCUT2D eigenvalue weighted by molar-refractivity contribution is -0.119. The van der Waals surface area contributed by atoms with Crippen molar-refractivity contribution in [2.75, 3.05) is 6.54 Å². The fraction of sp³-hybridized carbons (Fsp3) is 0.909. The highest BCUT2D eigenvalue weighted by Gasteiger charge is 2.17. The second kappa shape index (κ2) is 8.92. The van der Waals surface area contributed by atoms with Crippen LogP contribution in [0.15, 0.2) is 0 Å². The third-order valence-corrected chi connectivity index (χ3v) is 2.28. The van der Waals surface area contributed by atoms with E-state index in [1.807, 2.05) is 14.1 Å². The van der Waals surface area contributed by atoms with Gasteiger partial charge in [-0.05, 0) is 25.7 Å². The number of hydrogen-bond acceptors (Lipinski definition) is 3. The van der Waals surface area contributed by atoms with Crippen molar-refractivity contribution in [1.29, 1.82) is 0 Å². The van der Waals surface area contributed by atoms with E-state index in [1.54, 1.807) is 0 Å². The van der Waals surface area contributed by atoms with E-state index in [1.165, 1.54) is 0 Å². The molecule has 1 atom stereocenters. The van der Waals surface area contributed by atoms with Gasteiger partial charge in [0.25, 0.3) is 0 Å². The first kappa shape index (κ1) is 14.7. The molecule has 3 N–H and O–H groups in total. The van der Waals surface area contributed by atoms with Crippen molar-refractivity contribution in [3.05, 3.63) is 0 Å². The van der Waals surface area contributed by atoms with Crippen LogP contribution in [0.25, 0.3) is 0 Å². The van der Waals surface area contributed by atoms with Crippen LogP contribution in [0.1, 0.15) is 33.1 Å². The molecule has 1 radical (unpaired) electrons. The van der Waals surface area contributed by atoms with E-state index < -0.39 is 0 Å². The Labute approximate surface area is 94.4 Å². The van der Waals surface area contributed by atoms with Crippen LogP contribution in [0.2, 0.25) is 13.1 Å². The number of unbranched alkanes of at least 4 members (excludes halogenated alkanes) is 1. The first-order valence-corrected chi connectivity index (χ1v) is 5.88. The van der Waals surface area contributed by atoms with Gasteiger partial charge in [0, 0.05) is 6.04 Å². The second-order valence-electron chi connectivity index (χ2n) is 4.24. The molecule has 0 aliphatic carbocycles. The number of carbonyl (C=O) groups excluding carboxylic acids is 1. The first-order valence-electron chi connectivity index (χ1n) is 5.88. The Kier molecular flexibility index (Phi) is 8.72. The van der Waals surface area contributed by atoms with E-state index in [0.717, 1.165) is 19.3 Å². The Bertz CT molecular complexity index is 174. The molecule has 0 aromatic rings. The standard InChI is InChI=1S/C11H24BN2O/c1-9(2)14-10(6-4-5-7-13)11(15)8-12-3/h9-10,14H,4-8,13H2,1-3H3/t10-/m0/s1. The summed E-state index contributed by atoms with van der Waals surface area (Å²) in [7, 11) is 1.92. The summed E-state index contributed by atoms with van der Waals surface area (Å²) in [6.07, 6.45) is 3.49. The maximum absolute atomic E-state index is 11.7. The van der Waals surface area contributed by atoms with E-state index in [2.05, 4.69) is 19.2 Å². The summed E-state index contributed by atoms with van der Waals surface area (Å²) in [4.78, 5) is 11.7. The Balaban J connectivity index is 3.99. The number of nitrogens with two attached hydrogens (primary N) is 1. The van der Waals surface area contributed by atoms with Crippen LogP contribution in [0.5, 0.6) is 0 Å². The molecule has 4 heteroatoms. The van der Waals surface area contributed by atoms with Gasteiger partial charge in [-0.2, -0.15) is 0 Å². The van der Waals surface area contributed by atoms with Crippen LogP contribution in [-0.4, -0.2) is 31.7 Å². The molecule has 0 aromatic carbocycles. The molecule has 0 spiro atoms. The summed E-state index contributed by atoms with van der Waals surface area (Å²) < 4.78 is 0. The van der Waals surface area contributed by atoms with E-state index >= 15 is 0 Å². The molecule has 3 nitrogen and oxygen atoms in total. The van der Waals surface area contributed by atoms with E-state index in [9.17, 15) is 4.79 Å². The highest BCUT2D eigenvalue weighted by molar-refractivity contribution is 6.40. The van der Waals surface area contributed by atoms with Gasteiger partial charge in [-0.25, -0.2) is 0 Å². The maximum atomic E-state index is 11.7. The molecule has 0 saturated heterocycles. The van der Waals surface area contributed by atoms with Gasteiger partial charge in [-0.1, -0.05) is 27.1 Å². The van der Waals surface area contributed by atoms with E-state index in [-0.39, 0.29) is 6.04 Å². The molecule has 0 aromatic heterocycles. The van der Waals surface area contributed by atoms with Crippen molar-refractivity contribution < 1.29 is 4.79 Å². The summed E-state index contributed by atoms with van der Waals surface area (Å²) in [5.74, 6) is 0.295. The fourth-order valence-electron chi connectivity index (χ4n) is 1.58. The molecule has 87 valence electrons. The van der Waals surface area contributed by atoms with Crippen molar-refractivity contribution in [3.8, 4) is 0 Å². The Morgan fingerprint density at radius 1 is 1.40 bits per heavy atom. The molecule has 0 fully saturated rings. The normalized spacial score (nSPS) is 12.9. The monoisotopic (exact) mass is 211 g/mol. The van der Waals surface area contributed by atoms with Crippen LogP contribution in [-0.2, 0) is 4.79 Å². The minimum absolute atomic E-state index is 0.00718. The van der Waals surface area contributed by atoms with Crippen molar-refractivity contribution in [3.63, 3.8) is 0 Å². The Hall–Kier alpha value is -0.345. The molecule has 0 aliphatic heterocycles. The zero-order valence-corrected chi connectivity index (χ0v) is 10.3. The van der Waals surface area contributed by atoms with Gasteiger partial charge in [0.05, 0.1) is 6.04 Å². The molecule has 0 aliphatic rings. The summed E-state index contributed by atoms with van der Waals surface area (Å²) in [5, 5.41) is 3.31. The molecule has 0 rings (SSSR count). The second-order valence-corrected chi connectivity index (χ2v) is 4.24. The van der Waals surface area contributed by atoms with Crippen LogP contribution >= 0.6 is 0 Å². The molecule has 0 unspecified atom stereocenters. The number of hydrogen-bond donors (Lipinski definition) is 2. The third kappa shape index (κ3) is 7.57. The van der Waals surface area contributed by atoms with Crippen molar-refractivity contribution >= 4 is 13.1 Å². The lowest BCUT2D eigenvalue weighted by atomic mass is 9.74.